The number of hydrogen-bond donors (Lipinski definition) is 2. The van der Waals surface area contributed by atoms with Crippen molar-refractivity contribution >= 4 is 11.8 Å². The van der Waals surface area contributed by atoms with Crippen molar-refractivity contribution in [3.63, 3.8) is 0 Å². The Hall–Kier alpha value is -1.89. The molecule has 2 atom stereocenters. The third-order valence-corrected chi connectivity index (χ3v) is 4.60. The summed E-state index contributed by atoms with van der Waals surface area (Å²) >= 11 is 0. The summed E-state index contributed by atoms with van der Waals surface area (Å²) in [7, 11) is 0. The second-order valence-corrected chi connectivity index (χ2v) is 6.67. The minimum Gasteiger partial charge on any atom is -0.361 e. The summed E-state index contributed by atoms with van der Waals surface area (Å²) in [5.74, 6) is 1.12. The number of nitrogens with one attached hydrogen (secondary N) is 1. The Balaban J connectivity index is 1.54. The van der Waals surface area contributed by atoms with E-state index in [0.29, 0.717) is 32.0 Å². The van der Waals surface area contributed by atoms with Gasteiger partial charge in [0.2, 0.25) is 11.8 Å². The normalized spacial score (nSPS) is 25.0. The number of carbonyl (C=O) groups is 2. The number of amides is 2. The van der Waals surface area contributed by atoms with Crippen molar-refractivity contribution in [2.24, 2.45) is 11.7 Å². The number of nitrogens with two attached hydrogens (primary N) is 1. The van der Waals surface area contributed by atoms with E-state index < -0.39 is 0 Å². The van der Waals surface area contributed by atoms with Crippen LogP contribution in [0.4, 0.5) is 0 Å². The van der Waals surface area contributed by atoms with E-state index in [1.807, 2.05) is 6.07 Å². The lowest BCUT2D eigenvalue weighted by Gasteiger charge is -2.23. The molecule has 1 aliphatic heterocycles. The van der Waals surface area contributed by atoms with Gasteiger partial charge >= 0.3 is 0 Å². The summed E-state index contributed by atoms with van der Waals surface area (Å²) in [5, 5.41) is 6.90. The quantitative estimate of drug-likeness (QED) is 0.852. The molecule has 0 bridgehead atoms. The van der Waals surface area contributed by atoms with Crippen LogP contribution in [-0.4, -0.2) is 41.0 Å². The molecule has 3 N–H and O–H groups in total. The summed E-state index contributed by atoms with van der Waals surface area (Å²) in [6.07, 6.45) is 3.76. The summed E-state index contributed by atoms with van der Waals surface area (Å²) in [6, 6.07) is 1.86. The van der Waals surface area contributed by atoms with Gasteiger partial charge in [-0.05, 0) is 25.7 Å². The van der Waals surface area contributed by atoms with Crippen LogP contribution in [0, 0.1) is 5.92 Å². The maximum atomic E-state index is 12.4. The van der Waals surface area contributed by atoms with Crippen LogP contribution in [-0.2, 0) is 16.1 Å². The molecule has 0 radical (unpaired) electrons. The van der Waals surface area contributed by atoms with E-state index in [-0.39, 0.29) is 23.8 Å². The molecule has 1 aliphatic carbocycles. The van der Waals surface area contributed by atoms with Crippen LogP contribution in [0.3, 0.4) is 0 Å². The van der Waals surface area contributed by atoms with Crippen LogP contribution >= 0.6 is 0 Å². The van der Waals surface area contributed by atoms with Gasteiger partial charge in [-0.1, -0.05) is 5.16 Å². The summed E-state index contributed by atoms with van der Waals surface area (Å²) in [4.78, 5) is 25.7. The maximum Gasteiger partial charge on any atom is 0.225 e. The number of aromatic nitrogens is 1. The Labute approximate surface area is 135 Å². The average molecular weight is 320 g/mol. The molecule has 1 aromatic heterocycles. The van der Waals surface area contributed by atoms with Gasteiger partial charge in [0, 0.05) is 38.0 Å². The van der Waals surface area contributed by atoms with Crippen LogP contribution in [0.25, 0.3) is 0 Å². The van der Waals surface area contributed by atoms with Gasteiger partial charge in [0.05, 0.1) is 12.5 Å². The predicted octanol–water partition coefficient (Wildman–Crippen LogP) is 0.754. The molecular weight excluding hydrogens is 296 g/mol. The Morgan fingerprint density at radius 1 is 1.35 bits per heavy atom. The Morgan fingerprint density at radius 3 is 2.83 bits per heavy atom. The van der Waals surface area contributed by atoms with Gasteiger partial charge in [0.15, 0.2) is 0 Å². The first kappa shape index (κ1) is 16.0. The molecular formula is C16H24N4O3. The fraction of sp³-hybridized carbons (Fsp3) is 0.688. The van der Waals surface area contributed by atoms with Crippen LogP contribution in [0.1, 0.15) is 50.0 Å². The summed E-state index contributed by atoms with van der Waals surface area (Å²) < 4.78 is 5.28. The Bertz CT molecular complexity index is 582. The van der Waals surface area contributed by atoms with Gasteiger partial charge in [0.1, 0.15) is 11.5 Å². The summed E-state index contributed by atoms with van der Waals surface area (Å²) in [6.45, 7) is 2.83. The zero-order valence-electron chi connectivity index (χ0n) is 13.5. The Morgan fingerprint density at radius 2 is 2.13 bits per heavy atom. The highest BCUT2D eigenvalue weighted by Crippen LogP contribution is 2.40. The molecule has 126 valence electrons. The molecule has 7 nitrogen and oxygen atoms in total. The van der Waals surface area contributed by atoms with Crippen molar-refractivity contribution in [2.45, 2.75) is 51.1 Å². The third kappa shape index (κ3) is 4.10. The van der Waals surface area contributed by atoms with Crippen LogP contribution in [0.2, 0.25) is 0 Å². The highest BCUT2D eigenvalue weighted by molar-refractivity contribution is 5.80. The summed E-state index contributed by atoms with van der Waals surface area (Å²) in [5.41, 5.74) is 6.72. The Kier molecular flexibility index (Phi) is 4.66. The second-order valence-electron chi connectivity index (χ2n) is 6.67. The van der Waals surface area contributed by atoms with Crippen LogP contribution < -0.4 is 11.1 Å². The van der Waals surface area contributed by atoms with Crippen molar-refractivity contribution in [3.8, 4) is 0 Å². The zero-order valence-corrected chi connectivity index (χ0v) is 13.5. The second kappa shape index (κ2) is 6.70. The number of likely N-dealkylation sites (tertiary alicyclic amines) is 1. The monoisotopic (exact) mass is 320 g/mol. The van der Waals surface area contributed by atoms with Crippen molar-refractivity contribution in [1.29, 1.82) is 0 Å². The lowest BCUT2D eigenvalue weighted by Crippen LogP contribution is -2.42. The number of rotatable bonds is 4. The highest BCUT2D eigenvalue weighted by atomic mass is 16.5. The molecule has 1 aromatic rings. The van der Waals surface area contributed by atoms with Crippen LogP contribution in [0.15, 0.2) is 10.6 Å². The van der Waals surface area contributed by atoms with E-state index in [9.17, 15) is 9.59 Å². The van der Waals surface area contributed by atoms with Gasteiger partial charge in [-0.2, -0.15) is 0 Å². The number of carbonyl (C=O) groups excluding carboxylic acids is 2. The molecule has 0 spiro atoms. The minimum atomic E-state index is -0.220. The van der Waals surface area contributed by atoms with Crippen molar-refractivity contribution < 1.29 is 14.1 Å². The topological polar surface area (TPSA) is 101 Å². The molecule has 2 fully saturated rings. The first-order valence-corrected chi connectivity index (χ1v) is 8.27. The average Bonchev–Trinajstić information content (AvgIpc) is 3.29. The molecule has 0 aromatic carbocycles. The number of nitrogens with zero attached hydrogens (tertiary/aromatic N) is 2. The van der Waals surface area contributed by atoms with Gasteiger partial charge in [-0.25, -0.2) is 0 Å². The van der Waals surface area contributed by atoms with Crippen molar-refractivity contribution in [3.05, 3.63) is 17.5 Å². The zero-order chi connectivity index (χ0) is 16.4. The predicted molar refractivity (Wildman–Crippen MR) is 83.3 cm³/mol. The van der Waals surface area contributed by atoms with Crippen molar-refractivity contribution in [1.82, 2.24) is 15.4 Å². The lowest BCUT2D eigenvalue weighted by atomic mass is 10.0. The van der Waals surface area contributed by atoms with E-state index in [1.54, 1.807) is 4.90 Å². The third-order valence-electron chi connectivity index (χ3n) is 4.60. The smallest absolute Gasteiger partial charge is 0.225 e. The molecule has 1 saturated carbocycles. The lowest BCUT2D eigenvalue weighted by molar-refractivity contribution is -0.131. The minimum absolute atomic E-state index is 0.0364. The molecule has 23 heavy (non-hydrogen) atoms. The molecule has 2 heterocycles. The van der Waals surface area contributed by atoms with Crippen LogP contribution in [0.5, 0.6) is 0 Å². The maximum absolute atomic E-state index is 12.4. The number of hydrogen-bond acceptors (Lipinski definition) is 5. The SMILES string of the molecule is CC(=O)N1C[C@@H](N)CC[C@@H](C(=O)NCc2cc(C3CC3)on2)C1. The molecule has 1 saturated heterocycles. The van der Waals surface area contributed by atoms with E-state index in [1.165, 1.54) is 6.92 Å². The first-order valence-electron chi connectivity index (χ1n) is 8.27. The van der Waals surface area contributed by atoms with Gasteiger partial charge in [0.25, 0.3) is 0 Å². The largest absolute Gasteiger partial charge is 0.361 e. The van der Waals surface area contributed by atoms with E-state index >= 15 is 0 Å². The van der Waals surface area contributed by atoms with Gasteiger partial charge in [-0.3, -0.25) is 9.59 Å². The first-order chi connectivity index (χ1) is 11.0. The van der Waals surface area contributed by atoms with E-state index in [2.05, 4.69) is 10.5 Å². The van der Waals surface area contributed by atoms with E-state index in [4.69, 9.17) is 10.3 Å². The van der Waals surface area contributed by atoms with Crippen molar-refractivity contribution in [2.75, 3.05) is 13.1 Å². The molecule has 3 rings (SSSR count). The van der Waals surface area contributed by atoms with Gasteiger partial charge in [-0.15, -0.1) is 0 Å². The van der Waals surface area contributed by atoms with E-state index in [0.717, 1.165) is 30.7 Å². The standard InChI is InChI=1S/C16H24N4O3/c1-10(21)20-8-12(4-5-13(17)9-20)16(22)18-7-14-6-15(23-19-14)11-2-3-11/h6,11-13H,2-5,7-9,17H2,1H3,(H,18,22)/t12-,13+/m1/s1. The fourth-order valence-corrected chi connectivity index (χ4v) is 2.99. The highest BCUT2D eigenvalue weighted by Gasteiger charge is 2.29. The molecule has 0 unspecified atom stereocenters. The van der Waals surface area contributed by atoms with Gasteiger partial charge < -0.3 is 20.5 Å². The molecule has 7 heteroatoms. The fourth-order valence-electron chi connectivity index (χ4n) is 2.99. The molecule has 2 aliphatic rings. The molecule has 2 amide bonds.